The minimum atomic E-state index is 0.231. The Labute approximate surface area is 125 Å². The molecule has 0 heterocycles. The summed E-state index contributed by atoms with van der Waals surface area (Å²) in [6.45, 7) is 5.90. The van der Waals surface area contributed by atoms with Crippen molar-refractivity contribution in [1.82, 2.24) is 4.90 Å². The number of nitrogens with zero attached hydrogens (tertiary/aromatic N) is 1. The van der Waals surface area contributed by atoms with E-state index in [2.05, 4.69) is 18.7 Å². The third kappa shape index (κ3) is 5.43. The Morgan fingerprint density at radius 2 is 1.90 bits per heavy atom. The number of hydrogen-bond acceptors (Lipinski definition) is 2. The zero-order valence-electron chi connectivity index (χ0n) is 13.6. The van der Waals surface area contributed by atoms with Gasteiger partial charge in [-0.2, -0.15) is 0 Å². The highest BCUT2D eigenvalue weighted by Crippen LogP contribution is 2.26. The molecule has 1 atom stereocenters. The smallest absolute Gasteiger partial charge is 0.225 e. The summed E-state index contributed by atoms with van der Waals surface area (Å²) in [5.41, 5.74) is 5.66. The van der Waals surface area contributed by atoms with Gasteiger partial charge in [0.25, 0.3) is 0 Å². The Kier molecular flexibility index (Phi) is 8.92. The van der Waals surface area contributed by atoms with E-state index in [0.717, 1.165) is 25.8 Å². The largest absolute Gasteiger partial charge is 0.339 e. The van der Waals surface area contributed by atoms with Crippen molar-refractivity contribution in [2.45, 2.75) is 84.1 Å². The highest BCUT2D eigenvalue weighted by Gasteiger charge is 2.28. The molecule has 2 N–H and O–H groups in total. The first-order valence-electron chi connectivity index (χ1n) is 8.75. The summed E-state index contributed by atoms with van der Waals surface area (Å²) in [6.07, 6.45) is 11.6. The maximum absolute atomic E-state index is 12.9. The van der Waals surface area contributed by atoms with Gasteiger partial charge < -0.3 is 10.6 Å². The van der Waals surface area contributed by atoms with Crippen LogP contribution in [0.2, 0.25) is 0 Å². The molecule has 0 bridgehead atoms. The average Bonchev–Trinajstić information content (AvgIpc) is 2.49. The van der Waals surface area contributed by atoms with E-state index in [9.17, 15) is 4.79 Å². The molecule has 1 unspecified atom stereocenters. The first-order valence-corrected chi connectivity index (χ1v) is 8.75. The molecule has 1 fully saturated rings. The minimum Gasteiger partial charge on any atom is -0.339 e. The van der Waals surface area contributed by atoms with Crippen LogP contribution in [0.3, 0.4) is 0 Å². The first kappa shape index (κ1) is 17.5. The lowest BCUT2D eigenvalue weighted by molar-refractivity contribution is -0.139. The van der Waals surface area contributed by atoms with Crippen LogP contribution in [0.25, 0.3) is 0 Å². The fourth-order valence-electron chi connectivity index (χ4n) is 3.31. The van der Waals surface area contributed by atoms with Gasteiger partial charge in [0, 0.05) is 18.5 Å². The van der Waals surface area contributed by atoms with Crippen molar-refractivity contribution in [3.8, 4) is 0 Å². The van der Waals surface area contributed by atoms with Gasteiger partial charge in [-0.1, -0.05) is 46.0 Å². The van der Waals surface area contributed by atoms with E-state index in [1.165, 1.54) is 44.9 Å². The normalized spacial score (nSPS) is 17.9. The zero-order chi connectivity index (χ0) is 14.8. The maximum Gasteiger partial charge on any atom is 0.225 e. The van der Waals surface area contributed by atoms with Crippen molar-refractivity contribution in [3.63, 3.8) is 0 Å². The van der Waals surface area contributed by atoms with Gasteiger partial charge in [0.1, 0.15) is 0 Å². The topological polar surface area (TPSA) is 46.3 Å². The van der Waals surface area contributed by atoms with E-state index in [1.807, 2.05) is 0 Å². The Hall–Kier alpha value is -0.570. The lowest BCUT2D eigenvalue weighted by atomic mass is 9.91. The summed E-state index contributed by atoms with van der Waals surface area (Å²) in [6, 6.07) is 0.485. The third-order valence-electron chi connectivity index (χ3n) is 4.65. The summed E-state index contributed by atoms with van der Waals surface area (Å²) in [5.74, 6) is 0.635. The lowest BCUT2D eigenvalue weighted by Crippen LogP contribution is -2.45. The summed E-state index contributed by atoms with van der Waals surface area (Å²) >= 11 is 0. The van der Waals surface area contributed by atoms with Crippen molar-refractivity contribution in [3.05, 3.63) is 0 Å². The van der Waals surface area contributed by atoms with Crippen molar-refractivity contribution >= 4 is 5.91 Å². The Balaban J connectivity index is 2.65. The van der Waals surface area contributed by atoms with Gasteiger partial charge in [-0.05, 0) is 38.6 Å². The molecule has 0 aliphatic heterocycles. The average molecular weight is 282 g/mol. The van der Waals surface area contributed by atoms with Crippen molar-refractivity contribution in [1.29, 1.82) is 0 Å². The van der Waals surface area contributed by atoms with Crippen LogP contribution in [-0.4, -0.2) is 29.9 Å². The van der Waals surface area contributed by atoms with Crippen LogP contribution in [0.1, 0.15) is 78.1 Å². The SMILES string of the molecule is CCCCC(CC)C(=O)N(CCCN)C1CCCCC1. The first-order chi connectivity index (χ1) is 9.74. The van der Waals surface area contributed by atoms with Crippen molar-refractivity contribution < 1.29 is 4.79 Å². The van der Waals surface area contributed by atoms with Crippen LogP contribution in [0.15, 0.2) is 0 Å². The minimum absolute atomic E-state index is 0.231. The molecule has 0 aromatic carbocycles. The molecule has 3 heteroatoms. The number of nitrogens with two attached hydrogens (primary N) is 1. The van der Waals surface area contributed by atoms with Gasteiger partial charge in [0.15, 0.2) is 0 Å². The number of hydrogen-bond donors (Lipinski definition) is 1. The molecule has 0 spiro atoms. The quantitative estimate of drug-likeness (QED) is 0.700. The molecule has 118 valence electrons. The molecule has 1 saturated carbocycles. The van der Waals surface area contributed by atoms with Crippen LogP contribution in [-0.2, 0) is 4.79 Å². The molecule has 1 aliphatic carbocycles. The monoisotopic (exact) mass is 282 g/mol. The molecule has 1 rings (SSSR count). The van der Waals surface area contributed by atoms with Crippen LogP contribution >= 0.6 is 0 Å². The van der Waals surface area contributed by atoms with E-state index in [4.69, 9.17) is 5.73 Å². The van der Waals surface area contributed by atoms with Gasteiger partial charge in [0.05, 0.1) is 0 Å². The fraction of sp³-hybridized carbons (Fsp3) is 0.941. The van der Waals surface area contributed by atoms with E-state index in [0.29, 0.717) is 18.5 Å². The second kappa shape index (κ2) is 10.2. The second-order valence-electron chi connectivity index (χ2n) is 6.21. The summed E-state index contributed by atoms with van der Waals surface area (Å²) in [7, 11) is 0. The van der Waals surface area contributed by atoms with Crippen LogP contribution in [0.4, 0.5) is 0 Å². The zero-order valence-corrected chi connectivity index (χ0v) is 13.6. The van der Waals surface area contributed by atoms with Crippen LogP contribution in [0, 0.1) is 5.92 Å². The second-order valence-corrected chi connectivity index (χ2v) is 6.21. The van der Waals surface area contributed by atoms with E-state index < -0.39 is 0 Å². The number of unbranched alkanes of at least 4 members (excludes halogenated alkanes) is 1. The highest BCUT2D eigenvalue weighted by molar-refractivity contribution is 5.79. The Morgan fingerprint density at radius 1 is 1.20 bits per heavy atom. The van der Waals surface area contributed by atoms with Crippen LogP contribution < -0.4 is 5.73 Å². The maximum atomic E-state index is 12.9. The third-order valence-corrected chi connectivity index (χ3v) is 4.65. The summed E-state index contributed by atoms with van der Waals surface area (Å²) in [4.78, 5) is 15.1. The molecule has 3 nitrogen and oxygen atoms in total. The fourth-order valence-corrected chi connectivity index (χ4v) is 3.31. The lowest BCUT2D eigenvalue weighted by Gasteiger charge is -2.36. The van der Waals surface area contributed by atoms with Gasteiger partial charge in [-0.15, -0.1) is 0 Å². The molecule has 0 radical (unpaired) electrons. The molecule has 0 aromatic rings. The highest BCUT2D eigenvalue weighted by atomic mass is 16.2. The Bertz CT molecular complexity index is 262. The predicted molar refractivity (Wildman–Crippen MR) is 85.6 cm³/mol. The summed E-state index contributed by atoms with van der Waals surface area (Å²) in [5, 5.41) is 0. The molecule has 0 aromatic heterocycles. The van der Waals surface area contributed by atoms with Gasteiger partial charge in [-0.3, -0.25) is 4.79 Å². The van der Waals surface area contributed by atoms with Gasteiger partial charge in [-0.25, -0.2) is 0 Å². The standard InChI is InChI=1S/C17H34N2O/c1-3-5-10-15(4-2)17(20)19(14-9-13-18)16-11-7-6-8-12-16/h15-16H,3-14,18H2,1-2H3. The number of carbonyl (C=O) groups is 1. The van der Waals surface area contributed by atoms with Crippen LogP contribution in [0.5, 0.6) is 0 Å². The van der Waals surface area contributed by atoms with E-state index >= 15 is 0 Å². The number of amides is 1. The summed E-state index contributed by atoms with van der Waals surface area (Å²) < 4.78 is 0. The molecular formula is C17H34N2O. The molecular weight excluding hydrogens is 248 g/mol. The van der Waals surface area contributed by atoms with Gasteiger partial charge >= 0.3 is 0 Å². The molecule has 20 heavy (non-hydrogen) atoms. The van der Waals surface area contributed by atoms with E-state index in [1.54, 1.807) is 0 Å². The Morgan fingerprint density at radius 3 is 2.45 bits per heavy atom. The van der Waals surface area contributed by atoms with Gasteiger partial charge in [0.2, 0.25) is 5.91 Å². The number of carbonyl (C=O) groups excluding carboxylic acids is 1. The van der Waals surface area contributed by atoms with E-state index in [-0.39, 0.29) is 5.92 Å². The van der Waals surface area contributed by atoms with Crippen molar-refractivity contribution in [2.24, 2.45) is 11.7 Å². The van der Waals surface area contributed by atoms with Crippen molar-refractivity contribution in [2.75, 3.05) is 13.1 Å². The molecule has 1 aliphatic rings. The molecule has 0 saturated heterocycles. The number of rotatable bonds is 9. The molecule has 1 amide bonds. The predicted octanol–water partition coefficient (Wildman–Crippen LogP) is 3.71.